The molecule has 2 heterocycles. The smallest absolute Gasteiger partial charge is 0.270 e. The van der Waals surface area contributed by atoms with Crippen molar-refractivity contribution >= 4 is 26.8 Å². The minimum atomic E-state index is -3.26. The van der Waals surface area contributed by atoms with Gasteiger partial charge in [0, 0.05) is 42.6 Å². The summed E-state index contributed by atoms with van der Waals surface area (Å²) in [5, 5.41) is 0.927. The molecule has 1 amide bonds. The maximum Gasteiger partial charge on any atom is 0.270 e. The van der Waals surface area contributed by atoms with Crippen molar-refractivity contribution in [3.8, 4) is 0 Å². The third-order valence-electron chi connectivity index (χ3n) is 6.39. The number of benzene rings is 2. The monoisotopic (exact) mass is 457 g/mol. The number of carbonyl (C=O) groups excluding carboxylic acids is 1. The molecule has 1 fully saturated rings. The second kappa shape index (κ2) is 9.03. The highest BCUT2D eigenvalue weighted by molar-refractivity contribution is 7.89. The average Bonchev–Trinajstić information content (AvgIpc) is 3.18. The van der Waals surface area contributed by atoms with E-state index in [1.165, 1.54) is 10.4 Å². The van der Waals surface area contributed by atoms with Crippen LogP contribution < -0.4 is 0 Å². The zero-order chi connectivity index (χ0) is 22.9. The molecule has 3 aromatic rings. The van der Waals surface area contributed by atoms with Crippen molar-refractivity contribution in [3.63, 3.8) is 0 Å². The van der Waals surface area contributed by atoms with E-state index in [1.54, 1.807) is 37.1 Å². The minimum absolute atomic E-state index is 0.0682. The van der Waals surface area contributed by atoms with Gasteiger partial charge < -0.3 is 9.47 Å². The fourth-order valence-corrected chi connectivity index (χ4v) is 5.45. The van der Waals surface area contributed by atoms with Crippen molar-refractivity contribution in [1.29, 1.82) is 0 Å². The maximum atomic E-state index is 14.4. The highest BCUT2D eigenvalue weighted by Crippen LogP contribution is 2.25. The van der Waals surface area contributed by atoms with E-state index in [0.29, 0.717) is 37.2 Å². The number of piperidine rings is 1. The van der Waals surface area contributed by atoms with E-state index in [4.69, 9.17) is 0 Å². The largest absolute Gasteiger partial charge is 0.337 e. The van der Waals surface area contributed by atoms with E-state index in [9.17, 15) is 17.6 Å². The Kier molecular flexibility index (Phi) is 6.35. The van der Waals surface area contributed by atoms with Gasteiger partial charge in [0.2, 0.25) is 10.0 Å². The predicted molar refractivity (Wildman–Crippen MR) is 124 cm³/mol. The Labute approximate surface area is 188 Å². The lowest BCUT2D eigenvalue weighted by Crippen LogP contribution is -2.47. The van der Waals surface area contributed by atoms with Gasteiger partial charge in [-0.15, -0.1) is 0 Å². The van der Waals surface area contributed by atoms with Gasteiger partial charge in [-0.2, -0.15) is 0 Å². The number of aromatic nitrogens is 1. The first-order valence-corrected chi connectivity index (χ1v) is 12.5. The summed E-state index contributed by atoms with van der Waals surface area (Å²) in [7, 11) is -1.64. The Morgan fingerprint density at radius 1 is 1.09 bits per heavy atom. The molecule has 0 saturated carbocycles. The highest BCUT2D eigenvalue weighted by atomic mass is 32.2. The molecule has 0 bridgehead atoms. The van der Waals surface area contributed by atoms with Gasteiger partial charge in [-0.3, -0.25) is 4.79 Å². The normalized spacial score (nSPS) is 15.6. The molecule has 0 spiro atoms. The molecule has 32 heavy (non-hydrogen) atoms. The summed E-state index contributed by atoms with van der Waals surface area (Å²) in [6, 6.07) is 16.1. The molecule has 8 heteroatoms. The molecule has 0 atom stereocenters. The molecule has 4 rings (SSSR count). The molecule has 0 unspecified atom stereocenters. The topological polar surface area (TPSA) is 62.6 Å². The lowest BCUT2D eigenvalue weighted by molar-refractivity contribution is 0.0676. The molecule has 6 nitrogen and oxygen atoms in total. The summed E-state index contributed by atoms with van der Waals surface area (Å²) in [6.45, 7) is 2.86. The van der Waals surface area contributed by atoms with Crippen LogP contribution >= 0.6 is 0 Å². The van der Waals surface area contributed by atoms with Crippen LogP contribution in [0.4, 0.5) is 4.39 Å². The van der Waals surface area contributed by atoms with Gasteiger partial charge in [0.05, 0.1) is 12.3 Å². The van der Waals surface area contributed by atoms with Gasteiger partial charge in [0.25, 0.3) is 5.91 Å². The predicted octanol–water partition coefficient (Wildman–Crippen LogP) is 3.71. The average molecular weight is 458 g/mol. The summed E-state index contributed by atoms with van der Waals surface area (Å²) in [4.78, 5) is 15.2. The third-order valence-corrected chi connectivity index (χ3v) is 8.29. The summed E-state index contributed by atoms with van der Waals surface area (Å²) >= 11 is 0. The van der Waals surface area contributed by atoms with Crippen LogP contribution in [-0.2, 0) is 16.6 Å². The Morgan fingerprint density at radius 2 is 1.75 bits per heavy atom. The molecular weight excluding hydrogens is 429 g/mol. The number of fused-ring (bicyclic) bond motifs is 1. The number of carbonyl (C=O) groups is 1. The molecule has 1 aliphatic rings. The molecule has 170 valence electrons. The zero-order valence-corrected chi connectivity index (χ0v) is 19.2. The second-order valence-electron chi connectivity index (χ2n) is 8.21. The van der Waals surface area contributed by atoms with E-state index in [1.807, 2.05) is 34.9 Å². The first-order valence-electron chi connectivity index (χ1n) is 10.9. The Morgan fingerprint density at radius 3 is 2.44 bits per heavy atom. The van der Waals surface area contributed by atoms with Gasteiger partial charge in [0.1, 0.15) is 11.5 Å². The van der Waals surface area contributed by atoms with Crippen LogP contribution in [0, 0.1) is 5.82 Å². The van der Waals surface area contributed by atoms with E-state index >= 15 is 0 Å². The Balaban J connectivity index is 1.59. The van der Waals surface area contributed by atoms with Gasteiger partial charge in [0.15, 0.2) is 0 Å². The van der Waals surface area contributed by atoms with Crippen molar-refractivity contribution in [2.45, 2.75) is 32.4 Å². The van der Waals surface area contributed by atoms with Gasteiger partial charge in [-0.05, 0) is 38.0 Å². The number of rotatable bonds is 6. The van der Waals surface area contributed by atoms with Crippen molar-refractivity contribution < 1.29 is 17.6 Å². The number of para-hydroxylation sites is 1. The number of nitrogens with zero attached hydrogens (tertiary/aromatic N) is 3. The first-order chi connectivity index (χ1) is 15.3. The fourth-order valence-electron chi connectivity index (χ4n) is 4.38. The van der Waals surface area contributed by atoms with Gasteiger partial charge in [-0.25, -0.2) is 17.1 Å². The Hall–Kier alpha value is -2.71. The number of halogens is 1. The van der Waals surface area contributed by atoms with Gasteiger partial charge >= 0.3 is 0 Å². The molecule has 0 radical (unpaired) electrons. The van der Waals surface area contributed by atoms with Crippen molar-refractivity contribution in [2.75, 3.05) is 25.9 Å². The Bertz CT molecular complexity index is 1230. The van der Waals surface area contributed by atoms with Crippen LogP contribution in [0.1, 0.15) is 35.8 Å². The zero-order valence-electron chi connectivity index (χ0n) is 18.4. The van der Waals surface area contributed by atoms with Crippen LogP contribution in [0.2, 0.25) is 0 Å². The van der Waals surface area contributed by atoms with Crippen molar-refractivity contribution in [3.05, 3.63) is 71.7 Å². The third kappa shape index (κ3) is 4.29. The summed E-state index contributed by atoms with van der Waals surface area (Å²) in [6.07, 6.45) is 1.18. The summed E-state index contributed by atoms with van der Waals surface area (Å²) < 4.78 is 42.1. The summed E-state index contributed by atoms with van der Waals surface area (Å²) in [5.74, 6) is -0.347. The van der Waals surface area contributed by atoms with Crippen LogP contribution in [0.3, 0.4) is 0 Å². The molecule has 0 N–H and O–H groups in total. The molecule has 1 aliphatic heterocycles. The summed E-state index contributed by atoms with van der Waals surface area (Å²) in [5.41, 5.74) is 1.92. The SMILES string of the molecule is CCS(=O)(=O)N(C)C1CCN(C(=O)c2cc3ccccc3n2Cc2ccccc2F)CC1. The van der Waals surface area contributed by atoms with Crippen molar-refractivity contribution in [1.82, 2.24) is 13.8 Å². The number of likely N-dealkylation sites (tertiary alicyclic amines) is 1. The van der Waals surface area contributed by atoms with E-state index in [2.05, 4.69) is 0 Å². The van der Waals surface area contributed by atoms with Crippen LogP contribution in [-0.4, -0.2) is 60.0 Å². The quantitative estimate of drug-likeness (QED) is 0.567. The molecule has 1 saturated heterocycles. The second-order valence-corrected chi connectivity index (χ2v) is 10.5. The fraction of sp³-hybridized carbons (Fsp3) is 0.375. The molecule has 1 aromatic heterocycles. The number of sulfonamides is 1. The highest BCUT2D eigenvalue weighted by Gasteiger charge is 2.31. The van der Waals surface area contributed by atoms with Crippen LogP contribution in [0.5, 0.6) is 0 Å². The van der Waals surface area contributed by atoms with E-state index in [-0.39, 0.29) is 30.1 Å². The number of hydrogen-bond acceptors (Lipinski definition) is 3. The molecule has 0 aliphatic carbocycles. The van der Waals surface area contributed by atoms with Crippen LogP contribution in [0.25, 0.3) is 10.9 Å². The molecular formula is C24H28FN3O3S. The number of amides is 1. The standard InChI is InChI=1S/C24H28FN3O3S/c1-3-32(30,31)26(2)20-12-14-27(15-13-20)24(29)23-16-18-8-5-7-11-22(18)28(23)17-19-9-4-6-10-21(19)25/h4-11,16,20H,3,12-15,17H2,1-2H3. The lowest BCUT2D eigenvalue weighted by atomic mass is 10.0. The maximum absolute atomic E-state index is 14.4. The molecule has 2 aromatic carbocycles. The number of hydrogen-bond donors (Lipinski definition) is 0. The minimum Gasteiger partial charge on any atom is -0.337 e. The van der Waals surface area contributed by atoms with Crippen molar-refractivity contribution in [2.24, 2.45) is 0 Å². The van der Waals surface area contributed by atoms with Crippen LogP contribution in [0.15, 0.2) is 54.6 Å². The lowest BCUT2D eigenvalue weighted by Gasteiger charge is -2.36. The van der Waals surface area contributed by atoms with E-state index < -0.39 is 10.0 Å². The van der Waals surface area contributed by atoms with Gasteiger partial charge in [-0.1, -0.05) is 36.4 Å². The first kappa shape index (κ1) is 22.5. The van der Waals surface area contributed by atoms with E-state index in [0.717, 1.165) is 10.9 Å².